The molecule has 1 atom stereocenters. The van der Waals surface area contributed by atoms with Crippen molar-refractivity contribution in [1.29, 1.82) is 0 Å². The lowest BCUT2D eigenvalue weighted by Crippen LogP contribution is -2.50. The van der Waals surface area contributed by atoms with Gasteiger partial charge in [-0.15, -0.1) is 0 Å². The van der Waals surface area contributed by atoms with Crippen molar-refractivity contribution >= 4 is 55.1 Å². The molecule has 0 fully saturated rings. The number of halogens is 3. The van der Waals surface area contributed by atoms with Crippen LogP contribution in [0.2, 0.25) is 5.02 Å². The van der Waals surface area contributed by atoms with Crippen LogP contribution in [-0.2, 0) is 26.2 Å². The van der Waals surface area contributed by atoms with Gasteiger partial charge in [-0.2, -0.15) is 0 Å². The zero-order chi connectivity index (χ0) is 26.5. The molecule has 3 rings (SSSR count). The summed E-state index contributed by atoms with van der Waals surface area (Å²) in [6, 6.07) is 17.2. The molecule has 11 heteroatoms. The summed E-state index contributed by atoms with van der Waals surface area (Å²) in [5, 5.41) is 2.23. The van der Waals surface area contributed by atoms with Crippen molar-refractivity contribution in [3.8, 4) is 0 Å². The third-order valence-electron chi connectivity index (χ3n) is 5.48. The van der Waals surface area contributed by atoms with Crippen LogP contribution in [0.5, 0.6) is 0 Å². The largest absolute Gasteiger partial charge is 0.357 e. The first-order valence-corrected chi connectivity index (χ1v) is 13.4. The van der Waals surface area contributed by atoms with E-state index in [9.17, 15) is 22.4 Å². The third kappa shape index (κ3) is 6.43. The van der Waals surface area contributed by atoms with Gasteiger partial charge in [-0.25, -0.2) is 12.8 Å². The summed E-state index contributed by atoms with van der Waals surface area (Å²) >= 11 is 9.30. The van der Waals surface area contributed by atoms with Crippen LogP contribution >= 0.6 is 27.5 Å². The van der Waals surface area contributed by atoms with Crippen molar-refractivity contribution in [3.63, 3.8) is 0 Å². The number of amides is 2. The molecule has 2 amide bonds. The summed E-state index contributed by atoms with van der Waals surface area (Å²) in [4.78, 5) is 27.3. The quantitative estimate of drug-likeness (QED) is 0.391. The van der Waals surface area contributed by atoms with E-state index < -0.39 is 40.2 Å². The molecule has 7 nitrogen and oxygen atoms in total. The number of carbonyl (C=O) groups is 2. The molecule has 0 aliphatic carbocycles. The maximum Gasteiger partial charge on any atom is 0.264 e. The molecule has 0 radical (unpaired) electrons. The summed E-state index contributed by atoms with van der Waals surface area (Å²) in [7, 11) is -2.79. The lowest BCUT2D eigenvalue weighted by molar-refractivity contribution is -0.139. The summed E-state index contributed by atoms with van der Waals surface area (Å²) in [5.41, 5.74) is 0.749. The van der Waals surface area contributed by atoms with Gasteiger partial charge >= 0.3 is 0 Å². The van der Waals surface area contributed by atoms with Crippen molar-refractivity contribution in [2.45, 2.75) is 24.4 Å². The van der Waals surface area contributed by atoms with E-state index in [1.165, 1.54) is 30.1 Å². The molecule has 0 aliphatic heterocycles. The Balaban J connectivity index is 2.04. The zero-order valence-electron chi connectivity index (χ0n) is 19.5. The van der Waals surface area contributed by atoms with Crippen LogP contribution in [0.15, 0.2) is 82.2 Å². The SMILES string of the molecule is CNC(=O)C(C)N(Cc1ccc(Br)cc1)C(=O)CN(c1ccc(F)c(Cl)c1)S(=O)(=O)c1ccccc1. The number of carbonyl (C=O) groups excluding carboxylic acids is 2. The number of benzene rings is 3. The van der Waals surface area contributed by atoms with Gasteiger partial charge in [0.2, 0.25) is 11.8 Å². The van der Waals surface area contributed by atoms with Crippen molar-refractivity contribution in [1.82, 2.24) is 10.2 Å². The maximum absolute atomic E-state index is 13.9. The molecule has 0 aliphatic rings. The normalized spacial score (nSPS) is 12.0. The summed E-state index contributed by atoms with van der Waals surface area (Å²) in [6.45, 7) is 0.974. The van der Waals surface area contributed by atoms with Crippen molar-refractivity contribution in [3.05, 3.63) is 93.7 Å². The molecule has 36 heavy (non-hydrogen) atoms. The predicted octanol–water partition coefficient (Wildman–Crippen LogP) is 4.60. The fourth-order valence-corrected chi connectivity index (χ4v) is 5.33. The van der Waals surface area contributed by atoms with Gasteiger partial charge in [-0.1, -0.05) is 57.9 Å². The van der Waals surface area contributed by atoms with Gasteiger partial charge < -0.3 is 10.2 Å². The first-order chi connectivity index (χ1) is 17.0. The minimum absolute atomic E-state index is 0.00907. The molecule has 0 saturated heterocycles. The molecular weight excluding hydrogens is 573 g/mol. The molecule has 3 aromatic rings. The van der Waals surface area contributed by atoms with E-state index in [0.717, 1.165) is 26.5 Å². The van der Waals surface area contributed by atoms with E-state index >= 15 is 0 Å². The lowest BCUT2D eigenvalue weighted by Gasteiger charge is -2.31. The summed E-state index contributed by atoms with van der Waals surface area (Å²) < 4.78 is 42.7. The Hall–Kier alpha value is -2.95. The number of hydrogen-bond acceptors (Lipinski definition) is 4. The number of hydrogen-bond donors (Lipinski definition) is 1. The number of rotatable bonds is 9. The molecule has 0 aromatic heterocycles. The fourth-order valence-electron chi connectivity index (χ4n) is 3.47. The maximum atomic E-state index is 13.9. The average molecular weight is 597 g/mol. The highest BCUT2D eigenvalue weighted by atomic mass is 79.9. The predicted molar refractivity (Wildman–Crippen MR) is 141 cm³/mol. The number of nitrogens with zero attached hydrogens (tertiary/aromatic N) is 2. The second-order valence-corrected chi connectivity index (χ2v) is 11.0. The van der Waals surface area contributed by atoms with Crippen LogP contribution in [0.1, 0.15) is 12.5 Å². The number of sulfonamides is 1. The smallest absolute Gasteiger partial charge is 0.264 e. The van der Waals surface area contributed by atoms with Crippen LogP contribution in [0.3, 0.4) is 0 Å². The molecule has 3 aromatic carbocycles. The highest BCUT2D eigenvalue weighted by molar-refractivity contribution is 9.10. The Morgan fingerprint density at radius 2 is 1.69 bits per heavy atom. The Morgan fingerprint density at radius 3 is 2.28 bits per heavy atom. The first kappa shape index (κ1) is 27.6. The molecule has 0 heterocycles. The van der Waals surface area contributed by atoms with Crippen LogP contribution in [-0.4, -0.2) is 44.8 Å². The van der Waals surface area contributed by atoms with Gasteiger partial charge in [-0.05, 0) is 55.0 Å². The molecule has 0 saturated carbocycles. The molecule has 0 spiro atoms. The minimum Gasteiger partial charge on any atom is -0.357 e. The third-order valence-corrected chi connectivity index (χ3v) is 8.09. The first-order valence-electron chi connectivity index (χ1n) is 10.8. The van der Waals surface area contributed by atoms with E-state index in [-0.39, 0.29) is 22.2 Å². The van der Waals surface area contributed by atoms with Crippen molar-refractivity contribution in [2.75, 3.05) is 17.9 Å². The number of likely N-dealkylation sites (N-methyl/N-ethyl adjacent to an activating group) is 1. The van der Waals surface area contributed by atoms with E-state index in [1.807, 2.05) is 0 Å². The summed E-state index contributed by atoms with van der Waals surface area (Å²) in [6.07, 6.45) is 0. The van der Waals surface area contributed by atoms with Crippen LogP contribution < -0.4 is 9.62 Å². The van der Waals surface area contributed by atoms with Gasteiger partial charge in [0.25, 0.3) is 10.0 Å². The van der Waals surface area contributed by atoms with Gasteiger partial charge in [0.05, 0.1) is 15.6 Å². The van der Waals surface area contributed by atoms with E-state index in [2.05, 4.69) is 21.2 Å². The van der Waals surface area contributed by atoms with Gasteiger partial charge in [0, 0.05) is 18.1 Å². The van der Waals surface area contributed by atoms with Crippen molar-refractivity contribution in [2.24, 2.45) is 0 Å². The topological polar surface area (TPSA) is 86.8 Å². The zero-order valence-corrected chi connectivity index (χ0v) is 22.6. The molecule has 1 unspecified atom stereocenters. The highest BCUT2D eigenvalue weighted by Gasteiger charge is 2.32. The van der Waals surface area contributed by atoms with E-state index in [0.29, 0.717) is 0 Å². The minimum atomic E-state index is -4.24. The Labute approximate surface area is 223 Å². The number of anilines is 1. The average Bonchev–Trinajstić information content (AvgIpc) is 2.88. The second kappa shape index (κ2) is 11.9. The number of nitrogens with one attached hydrogen (secondary N) is 1. The Kier molecular flexibility index (Phi) is 9.10. The van der Waals surface area contributed by atoms with Gasteiger partial charge in [0.15, 0.2) is 0 Å². The molecular formula is C25H24BrClFN3O4S. The van der Waals surface area contributed by atoms with E-state index in [1.54, 1.807) is 49.4 Å². The van der Waals surface area contributed by atoms with Gasteiger partial charge in [0.1, 0.15) is 18.4 Å². The van der Waals surface area contributed by atoms with Crippen LogP contribution in [0.4, 0.5) is 10.1 Å². The Bertz CT molecular complexity index is 1340. The monoisotopic (exact) mass is 595 g/mol. The molecule has 1 N–H and O–H groups in total. The lowest BCUT2D eigenvalue weighted by atomic mass is 10.1. The Morgan fingerprint density at radius 1 is 1.06 bits per heavy atom. The standard InChI is InChI=1S/C25H24BrClFN3O4S/c1-17(25(33)29-2)30(15-18-8-10-19(26)11-9-18)24(32)16-31(20-12-13-23(28)22(27)14-20)36(34,35)21-6-4-3-5-7-21/h3-14,17H,15-16H2,1-2H3,(H,29,33). The fraction of sp³-hybridized carbons (Fsp3) is 0.200. The van der Waals surface area contributed by atoms with Crippen LogP contribution in [0.25, 0.3) is 0 Å². The molecule has 0 bridgehead atoms. The van der Waals surface area contributed by atoms with Crippen LogP contribution in [0, 0.1) is 5.82 Å². The molecule has 190 valence electrons. The van der Waals surface area contributed by atoms with Crippen molar-refractivity contribution < 1.29 is 22.4 Å². The summed E-state index contributed by atoms with van der Waals surface area (Å²) in [5.74, 6) is -1.77. The van der Waals surface area contributed by atoms with Gasteiger partial charge in [-0.3, -0.25) is 13.9 Å². The van der Waals surface area contributed by atoms with E-state index in [4.69, 9.17) is 11.6 Å². The highest BCUT2D eigenvalue weighted by Crippen LogP contribution is 2.28. The second-order valence-electron chi connectivity index (χ2n) is 7.86.